The van der Waals surface area contributed by atoms with E-state index >= 15 is 0 Å². The number of aliphatic hydroxyl groups is 1. The SMILES string of the molecule is CCC(O)c1ccc2c(c1)NC(=O)CO2. The van der Waals surface area contributed by atoms with Crippen LogP contribution in [0.1, 0.15) is 25.0 Å². The number of fused-ring (bicyclic) bond motifs is 1. The van der Waals surface area contributed by atoms with Crippen LogP contribution in [0.25, 0.3) is 0 Å². The zero-order valence-electron chi connectivity index (χ0n) is 8.49. The van der Waals surface area contributed by atoms with Gasteiger partial charge in [-0.25, -0.2) is 0 Å². The van der Waals surface area contributed by atoms with Crippen LogP contribution in [0.2, 0.25) is 0 Å². The number of nitrogens with one attached hydrogen (secondary N) is 1. The lowest BCUT2D eigenvalue weighted by atomic mass is 10.1. The summed E-state index contributed by atoms with van der Waals surface area (Å²) >= 11 is 0. The predicted molar refractivity (Wildman–Crippen MR) is 55.8 cm³/mol. The number of amides is 1. The first-order chi connectivity index (χ1) is 7.20. The Morgan fingerprint density at radius 2 is 2.40 bits per heavy atom. The minimum atomic E-state index is -0.492. The third-order valence-electron chi connectivity index (χ3n) is 2.41. The van der Waals surface area contributed by atoms with Gasteiger partial charge in [-0.05, 0) is 24.1 Å². The standard InChI is InChI=1S/C11H13NO3/c1-2-9(13)7-3-4-10-8(5-7)12-11(14)6-15-10/h3-5,9,13H,2,6H2,1H3,(H,12,14). The Bertz CT molecular complexity index is 389. The summed E-state index contributed by atoms with van der Waals surface area (Å²) in [5, 5.41) is 12.3. The van der Waals surface area contributed by atoms with E-state index in [9.17, 15) is 9.90 Å². The third-order valence-corrected chi connectivity index (χ3v) is 2.41. The van der Waals surface area contributed by atoms with Gasteiger partial charge in [0, 0.05) is 0 Å². The van der Waals surface area contributed by atoms with Crippen molar-refractivity contribution in [2.75, 3.05) is 11.9 Å². The molecule has 0 fully saturated rings. The van der Waals surface area contributed by atoms with E-state index in [1.807, 2.05) is 13.0 Å². The largest absolute Gasteiger partial charge is 0.482 e. The van der Waals surface area contributed by atoms with Crippen LogP contribution < -0.4 is 10.1 Å². The number of ether oxygens (including phenoxy) is 1. The van der Waals surface area contributed by atoms with E-state index in [0.717, 1.165) is 5.56 Å². The Morgan fingerprint density at radius 3 is 3.13 bits per heavy atom. The van der Waals surface area contributed by atoms with Crippen LogP contribution in [-0.2, 0) is 4.79 Å². The van der Waals surface area contributed by atoms with Crippen LogP contribution in [0.5, 0.6) is 5.75 Å². The van der Waals surface area contributed by atoms with Crippen molar-refractivity contribution in [3.63, 3.8) is 0 Å². The summed E-state index contributed by atoms with van der Waals surface area (Å²) in [6, 6.07) is 5.33. The molecule has 0 bridgehead atoms. The maximum Gasteiger partial charge on any atom is 0.262 e. The van der Waals surface area contributed by atoms with Gasteiger partial charge >= 0.3 is 0 Å². The van der Waals surface area contributed by atoms with Crippen LogP contribution in [0.15, 0.2) is 18.2 Å². The molecule has 80 valence electrons. The number of carbonyl (C=O) groups excluding carboxylic acids is 1. The quantitative estimate of drug-likeness (QED) is 0.771. The first kappa shape index (κ1) is 9.98. The number of anilines is 1. The second kappa shape index (κ2) is 3.90. The van der Waals surface area contributed by atoms with Crippen LogP contribution in [0.4, 0.5) is 5.69 Å². The molecule has 2 rings (SSSR count). The summed E-state index contributed by atoms with van der Waals surface area (Å²) in [5.41, 5.74) is 1.43. The van der Waals surface area contributed by atoms with E-state index < -0.39 is 6.10 Å². The predicted octanol–water partition coefficient (Wildman–Crippen LogP) is 1.46. The lowest BCUT2D eigenvalue weighted by molar-refractivity contribution is -0.118. The van der Waals surface area contributed by atoms with Crippen molar-refractivity contribution in [1.29, 1.82) is 0 Å². The fourth-order valence-electron chi connectivity index (χ4n) is 1.54. The van der Waals surface area contributed by atoms with Gasteiger partial charge in [-0.1, -0.05) is 13.0 Å². The molecule has 0 aliphatic carbocycles. The molecule has 1 heterocycles. The van der Waals surface area contributed by atoms with Crippen molar-refractivity contribution < 1.29 is 14.6 Å². The van der Waals surface area contributed by atoms with Crippen LogP contribution >= 0.6 is 0 Å². The Kier molecular flexibility index (Phi) is 2.60. The first-order valence-corrected chi connectivity index (χ1v) is 4.95. The average molecular weight is 207 g/mol. The molecular formula is C11H13NO3. The summed E-state index contributed by atoms with van der Waals surface area (Å²) in [5.74, 6) is 0.493. The molecule has 0 saturated heterocycles. The maximum atomic E-state index is 11.1. The molecular weight excluding hydrogens is 194 g/mol. The van der Waals surface area contributed by atoms with Crippen molar-refractivity contribution in [1.82, 2.24) is 0 Å². The summed E-state index contributed by atoms with van der Waals surface area (Å²) < 4.78 is 5.21. The van der Waals surface area contributed by atoms with Crippen molar-refractivity contribution >= 4 is 11.6 Å². The Balaban J connectivity index is 2.32. The molecule has 2 N–H and O–H groups in total. The molecule has 1 aliphatic heterocycles. The number of rotatable bonds is 2. The first-order valence-electron chi connectivity index (χ1n) is 4.95. The van der Waals surface area contributed by atoms with Gasteiger partial charge in [0.25, 0.3) is 5.91 Å². The highest BCUT2D eigenvalue weighted by Gasteiger charge is 2.17. The van der Waals surface area contributed by atoms with Gasteiger partial charge in [0.15, 0.2) is 6.61 Å². The fourth-order valence-corrected chi connectivity index (χ4v) is 1.54. The van der Waals surface area contributed by atoms with Gasteiger partial charge < -0.3 is 15.2 Å². The van der Waals surface area contributed by atoms with Crippen LogP contribution in [0.3, 0.4) is 0 Å². The zero-order chi connectivity index (χ0) is 10.8. The normalized spacial score (nSPS) is 16.3. The highest BCUT2D eigenvalue weighted by Crippen LogP contribution is 2.31. The van der Waals surface area contributed by atoms with Gasteiger partial charge in [0.2, 0.25) is 0 Å². The molecule has 0 spiro atoms. The summed E-state index contributed by atoms with van der Waals surface area (Å²) in [6.45, 7) is 1.96. The minimum Gasteiger partial charge on any atom is -0.482 e. The maximum absolute atomic E-state index is 11.1. The second-order valence-corrected chi connectivity index (χ2v) is 3.52. The highest BCUT2D eigenvalue weighted by atomic mass is 16.5. The minimum absolute atomic E-state index is 0.0582. The van der Waals surface area contributed by atoms with Gasteiger partial charge in [0.05, 0.1) is 11.8 Å². The number of benzene rings is 1. The second-order valence-electron chi connectivity index (χ2n) is 3.52. The lowest BCUT2D eigenvalue weighted by Gasteiger charge is -2.19. The van der Waals surface area contributed by atoms with E-state index in [2.05, 4.69) is 5.32 Å². The number of aliphatic hydroxyl groups excluding tert-OH is 1. The third kappa shape index (κ3) is 1.94. The number of hydrogen-bond acceptors (Lipinski definition) is 3. The lowest BCUT2D eigenvalue weighted by Crippen LogP contribution is -2.25. The van der Waals surface area contributed by atoms with E-state index in [-0.39, 0.29) is 12.5 Å². The summed E-state index contributed by atoms with van der Waals surface area (Å²) in [6.07, 6.45) is 0.155. The number of carbonyl (C=O) groups is 1. The highest BCUT2D eigenvalue weighted by molar-refractivity contribution is 5.95. The Labute approximate surface area is 87.9 Å². The van der Waals surface area contributed by atoms with Crippen molar-refractivity contribution in [2.45, 2.75) is 19.4 Å². The average Bonchev–Trinajstić information content (AvgIpc) is 2.27. The van der Waals surface area contributed by atoms with Gasteiger partial charge in [-0.3, -0.25) is 4.79 Å². The van der Waals surface area contributed by atoms with E-state index in [1.165, 1.54) is 0 Å². The molecule has 4 nitrogen and oxygen atoms in total. The molecule has 0 aromatic heterocycles. The van der Waals surface area contributed by atoms with Crippen molar-refractivity contribution in [3.8, 4) is 5.75 Å². The molecule has 0 radical (unpaired) electrons. The number of hydrogen-bond donors (Lipinski definition) is 2. The molecule has 15 heavy (non-hydrogen) atoms. The molecule has 1 atom stereocenters. The van der Waals surface area contributed by atoms with E-state index in [1.54, 1.807) is 12.1 Å². The molecule has 0 saturated carbocycles. The molecule has 1 amide bonds. The molecule has 1 aromatic rings. The zero-order valence-corrected chi connectivity index (χ0v) is 8.49. The van der Waals surface area contributed by atoms with Crippen molar-refractivity contribution in [2.24, 2.45) is 0 Å². The van der Waals surface area contributed by atoms with Crippen molar-refractivity contribution in [3.05, 3.63) is 23.8 Å². The Hall–Kier alpha value is -1.55. The van der Waals surface area contributed by atoms with E-state index in [0.29, 0.717) is 17.9 Å². The van der Waals surface area contributed by atoms with Gasteiger partial charge in [-0.2, -0.15) is 0 Å². The molecule has 1 aliphatic rings. The molecule has 4 heteroatoms. The molecule has 1 unspecified atom stereocenters. The molecule has 1 aromatic carbocycles. The Morgan fingerprint density at radius 1 is 1.60 bits per heavy atom. The van der Waals surface area contributed by atoms with Gasteiger partial charge in [0.1, 0.15) is 5.75 Å². The monoisotopic (exact) mass is 207 g/mol. The van der Waals surface area contributed by atoms with Crippen LogP contribution in [0, 0.1) is 0 Å². The fraction of sp³-hybridized carbons (Fsp3) is 0.364. The van der Waals surface area contributed by atoms with Crippen LogP contribution in [-0.4, -0.2) is 17.6 Å². The van der Waals surface area contributed by atoms with E-state index in [4.69, 9.17) is 4.74 Å². The summed E-state index contributed by atoms with van der Waals surface area (Å²) in [7, 11) is 0. The van der Waals surface area contributed by atoms with Gasteiger partial charge in [-0.15, -0.1) is 0 Å². The topological polar surface area (TPSA) is 58.6 Å². The smallest absolute Gasteiger partial charge is 0.262 e. The summed E-state index contributed by atoms with van der Waals surface area (Å²) in [4.78, 5) is 11.1.